The van der Waals surface area contributed by atoms with Crippen molar-refractivity contribution in [2.75, 3.05) is 6.54 Å². The Morgan fingerprint density at radius 1 is 1.33 bits per heavy atom. The van der Waals surface area contributed by atoms with Gasteiger partial charge >= 0.3 is 6.18 Å². The van der Waals surface area contributed by atoms with Crippen LogP contribution in [0.2, 0.25) is 5.02 Å². The number of benzene rings is 1. The highest BCUT2D eigenvalue weighted by molar-refractivity contribution is 6.31. The van der Waals surface area contributed by atoms with Crippen LogP contribution >= 0.6 is 11.6 Å². The molecule has 0 amide bonds. The van der Waals surface area contributed by atoms with Gasteiger partial charge in [-0.2, -0.15) is 13.2 Å². The monoisotopic (exact) mass is 279 g/mol. The van der Waals surface area contributed by atoms with Crippen LogP contribution in [0.5, 0.6) is 5.75 Å². The molecule has 0 atom stereocenters. The molecule has 1 aliphatic carbocycles. The van der Waals surface area contributed by atoms with E-state index >= 15 is 0 Å². The van der Waals surface area contributed by atoms with E-state index in [1.54, 1.807) is 0 Å². The van der Waals surface area contributed by atoms with Crippen molar-refractivity contribution >= 4 is 11.6 Å². The third-order valence-electron chi connectivity index (χ3n) is 3.63. The normalized spacial score (nSPS) is 18.5. The number of aromatic hydroxyl groups is 1. The summed E-state index contributed by atoms with van der Waals surface area (Å²) in [6.45, 7) is 0.269. The fraction of sp³-hybridized carbons (Fsp3) is 0.500. The Kier molecular flexibility index (Phi) is 3.23. The molecule has 2 rings (SSSR count). The second kappa shape index (κ2) is 4.31. The first kappa shape index (κ1) is 13.5. The maximum absolute atomic E-state index is 12.6. The van der Waals surface area contributed by atoms with E-state index in [-0.39, 0.29) is 11.6 Å². The van der Waals surface area contributed by atoms with E-state index in [0.717, 1.165) is 31.4 Å². The van der Waals surface area contributed by atoms with Crippen LogP contribution in [0.4, 0.5) is 13.2 Å². The van der Waals surface area contributed by atoms with Crippen LogP contribution in [0.1, 0.15) is 30.4 Å². The second-order valence-electron chi connectivity index (χ2n) is 4.69. The van der Waals surface area contributed by atoms with Gasteiger partial charge in [-0.3, -0.25) is 0 Å². The summed E-state index contributed by atoms with van der Waals surface area (Å²) in [5.41, 5.74) is 4.61. The van der Waals surface area contributed by atoms with Gasteiger partial charge < -0.3 is 10.8 Å². The summed E-state index contributed by atoms with van der Waals surface area (Å²) < 4.78 is 37.7. The minimum atomic E-state index is -4.52. The highest BCUT2D eigenvalue weighted by Crippen LogP contribution is 2.50. The summed E-state index contributed by atoms with van der Waals surface area (Å²) in [5.74, 6) is -0.417. The van der Waals surface area contributed by atoms with Crippen LogP contribution in [-0.4, -0.2) is 11.7 Å². The summed E-state index contributed by atoms with van der Waals surface area (Å²) in [6.07, 6.45) is -2.10. The Morgan fingerprint density at radius 2 is 1.94 bits per heavy atom. The molecule has 1 aromatic rings. The predicted molar refractivity (Wildman–Crippen MR) is 62.7 cm³/mol. The zero-order valence-corrected chi connectivity index (χ0v) is 10.3. The molecule has 0 radical (unpaired) electrons. The molecule has 1 saturated carbocycles. The molecular weight excluding hydrogens is 267 g/mol. The number of alkyl halides is 3. The summed E-state index contributed by atoms with van der Waals surface area (Å²) in [7, 11) is 0. The van der Waals surface area contributed by atoms with Crippen molar-refractivity contribution in [1.29, 1.82) is 0 Å². The molecule has 0 spiro atoms. The minimum Gasteiger partial charge on any atom is -0.508 e. The fourth-order valence-corrected chi connectivity index (χ4v) is 2.86. The number of nitrogens with two attached hydrogens (primary N) is 1. The van der Waals surface area contributed by atoms with E-state index in [4.69, 9.17) is 17.3 Å². The Hall–Kier alpha value is -0.940. The van der Waals surface area contributed by atoms with Gasteiger partial charge in [0.1, 0.15) is 5.75 Å². The summed E-state index contributed by atoms with van der Waals surface area (Å²) in [6, 6.07) is 1.57. The van der Waals surface area contributed by atoms with E-state index < -0.39 is 22.9 Å². The zero-order chi connectivity index (χ0) is 13.6. The topological polar surface area (TPSA) is 46.2 Å². The van der Waals surface area contributed by atoms with Crippen molar-refractivity contribution in [3.63, 3.8) is 0 Å². The van der Waals surface area contributed by atoms with Crippen LogP contribution < -0.4 is 5.73 Å². The van der Waals surface area contributed by atoms with Gasteiger partial charge in [-0.25, -0.2) is 0 Å². The molecule has 0 bridgehead atoms. The molecule has 18 heavy (non-hydrogen) atoms. The van der Waals surface area contributed by atoms with Gasteiger partial charge in [-0.15, -0.1) is 0 Å². The molecular formula is C12H13ClF3NO. The van der Waals surface area contributed by atoms with Crippen LogP contribution in [0, 0.1) is 0 Å². The number of phenolic OH excluding ortho intramolecular Hbond substituents is 1. The number of hydrogen-bond donors (Lipinski definition) is 2. The third kappa shape index (κ3) is 2.06. The van der Waals surface area contributed by atoms with E-state index in [0.29, 0.717) is 5.56 Å². The highest BCUT2D eigenvalue weighted by atomic mass is 35.5. The van der Waals surface area contributed by atoms with Crippen molar-refractivity contribution in [3.8, 4) is 5.75 Å². The zero-order valence-electron chi connectivity index (χ0n) is 9.52. The first-order valence-corrected chi connectivity index (χ1v) is 5.98. The van der Waals surface area contributed by atoms with Crippen molar-refractivity contribution in [2.24, 2.45) is 5.73 Å². The first-order chi connectivity index (χ1) is 8.30. The predicted octanol–water partition coefficient (Wildman–Crippen LogP) is 3.44. The van der Waals surface area contributed by atoms with Crippen molar-refractivity contribution in [1.82, 2.24) is 0 Å². The maximum Gasteiger partial charge on any atom is 0.416 e. The Balaban J connectivity index is 2.51. The lowest BCUT2D eigenvalue weighted by Crippen LogP contribution is -2.41. The molecule has 0 aromatic heterocycles. The number of halogens is 4. The second-order valence-corrected chi connectivity index (χ2v) is 5.10. The molecule has 1 aromatic carbocycles. The highest BCUT2D eigenvalue weighted by Gasteiger charge is 2.42. The third-order valence-corrected chi connectivity index (χ3v) is 3.93. The Morgan fingerprint density at radius 3 is 2.28 bits per heavy atom. The largest absolute Gasteiger partial charge is 0.508 e. The lowest BCUT2D eigenvalue weighted by Gasteiger charge is -2.42. The molecule has 0 heterocycles. The first-order valence-electron chi connectivity index (χ1n) is 5.60. The van der Waals surface area contributed by atoms with Crippen LogP contribution in [-0.2, 0) is 11.6 Å². The minimum absolute atomic E-state index is 0.0625. The van der Waals surface area contributed by atoms with Gasteiger partial charge in [0.05, 0.1) is 5.56 Å². The van der Waals surface area contributed by atoms with Gasteiger partial charge in [-0.05, 0) is 25.0 Å². The van der Waals surface area contributed by atoms with Crippen LogP contribution in [0.3, 0.4) is 0 Å². The van der Waals surface area contributed by atoms with Gasteiger partial charge in [0.25, 0.3) is 0 Å². The van der Waals surface area contributed by atoms with Gasteiger partial charge in [0.15, 0.2) is 0 Å². The Bertz CT molecular complexity index is 440. The number of hydrogen-bond acceptors (Lipinski definition) is 2. The fourth-order valence-electron chi connectivity index (χ4n) is 2.44. The SMILES string of the molecule is NCC1(c2c(O)cc(C(F)(F)F)cc2Cl)CCC1. The molecule has 100 valence electrons. The quantitative estimate of drug-likeness (QED) is 0.871. The van der Waals surface area contributed by atoms with Gasteiger partial charge in [-0.1, -0.05) is 18.0 Å². The maximum atomic E-state index is 12.6. The van der Waals surface area contributed by atoms with Gasteiger partial charge in [0.2, 0.25) is 0 Å². The van der Waals surface area contributed by atoms with E-state index in [2.05, 4.69) is 0 Å². The smallest absolute Gasteiger partial charge is 0.416 e. The molecule has 1 fully saturated rings. The molecule has 3 N–H and O–H groups in total. The molecule has 6 heteroatoms. The summed E-state index contributed by atoms with van der Waals surface area (Å²) in [5, 5.41) is 9.76. The van der Waals surface area contributed by atoms with Crippen LogP contribution in [0.15, 0.2) is 12.1 Å². The molecule has 0 unspecified atom stereocenters. The number of rotatable bonds is 2. The molecule has 2 nitrogen and oxygen atoms in total. The van der Waals surface area contributed by atoms with Crippen molar-refractivity contribution < 1.29 is 18.3 Å². The summed E-state index contributed by atoms with van der Waals surface area (Å²) in [4.78, 5) is 0. The average Bonchev–Trinajstić information content (AvgIpc) is 2.19. The molecule has 1 aliphatic rings. The lowest BCUT2D eigenvalue weighted by atomic mass is 9.64. The van der Waals surface area contributed by atoms with Crippen molar-refractivity contribution in [3.05, 3.63) is 28.3 Å². The number of phenols is 1. The van der Waals surface area contributed by atoms with E-state index in [1.165, 1.54) is 0 Å². The Labute approximate surface area is 108 Å². The summed E-state index contributed by atoms with van der Waals surface area (Å²) >= 11 is 5.90. The van der Waals surface area contributed by atoms with E-state index in [9.17, 15) is 18.3 Å². The van der Waals surface area contributed by atoms with Gasteiger partial charge in [0, 0.05) is 22.5 Å². The standard InChI is InChI=1S/C12H13ClF3NO/c13-8-4-7(12(14,15)16)5-9(18)10(8)11(6-17)2-1-3-11/h4-5,18H,1-3,6,17H2. The average molecular weight is 280 g/mol. The van der Waals surface area contributed by atoms with E-state index in [1.807, 2.05) is 0 Å². The van der Waals surface area contributed by atoms with Crippen molar-refractivity contribution in [2.45, 2.75) is 30.9 Å². The van der Waals surface area contributed by atoms with Crippen LogP contribution in [0.25, 0.3) is 0 Å². The molecule has 0 saturated heterocycles. The molecule has 0 aliphatic heterocycles. The lowest BCUT2D eigenvalue weighted by molar-refractivity contribution is -0.137.